The van der Waals surface area contributed by atoms with Crippen molar-refractivity contribution in [2.45, 2.75) is 62.4 Å². The molecule has 0 radical (unpaired) electrons. The van der Waals surface area contributed by atoms with Crippen molar-refractivity contribution >= 4 is 47.2 Å². The highest BCUT2D eigenvalue weighted by Gasteiger charge is 2.52. The van der Waals surface area contributed by atoms with Crippen LogP contribution in [0.1, 0.15) is 27.7 Å². The van der Waals surface area contributed by atoms with Gasteiger partial charge in [-0.2, -0.15) is 0 Å². The molecular weight excluding hydrogens is 452 g/mol. The van der Waals surface area contributed by atoms with Gasteiger partial charge in [0.25, 0.3) is 0 Å². The Balaban J connectivity index is 2.43. The first kappa shape index (κ1) is 25.0. The van der Waals surface area contributed by atoms with Gasteiger partial charge in [-0.05, 0) is 24.3 Å². The van der Waals surface area contributed by atoms with Gasteiger partial charge in [-0.1, -0.05) is 23.4 Å². The number of rotatable bonds is 7. The molecule has 11 heteroatoms. The van der Waals surface area contributed by atoms with E-state index in [9.17, 15) is 19.2 Å². The van der Waals surface area contributed by atoms with Crippen LogP contribution in [0.3, 0.4) is 0 Å². The Bertz CT molecular complexity index is 813. The van der Waals surface area contributed by atoms with E-state index in [0.717, 1.165) is 4.90 Å². The van der Waals surface area contributed by atoms with E-state index in [2.05, 4.69) is 0 Å². The molecule has 1 fully saturated rings. The highest BCUT2D eigenvalue weighted by atomic mass is 35.5. The molecule has 1 aromatic rings. The van der Waals surface area contributed by atoms with Crippen LogP contribution in [0.15, 0.2) is 29.2 Å². The van der Waals surface area contributed by atoms with Gasteiger partial charge in [-0.3, -0.25) is 19.2 Å². The number of thioether (sulfide) groups is 1. The molecule has 170 valence electrons. The maximum absolute atomic E-state index is 11.8. The highest BCUT2D eigenvalue weighted by Crippen LogP contribution is 2.37. The van der Waals surface area contributed by atoms with Crippen LogP contribution in [0, 0.1) is 0 Å². The molecule has 0 aliphatic carbocycles. The Morgan fingerprint density at radius 3 is 1.87 bits per heavy atom. The number of hydrogen-bond acceptors (Lipinski definition) is 10. The van der Waals surface area contributed by atoms with E-state index in [-0.39, 0.29) is 6.61 Å². The summed E-state index contributed by atoms with van der Waals surface area (Å²) < 4.78 is 27.2. The second kappa shape index (κ2) is 11.4. The zero-order valence-electron chi connectivity index (χ0n) is 17.4. The Morgan fingerprint density at radius 2 is 1.35 bits per heavy atom. The molecule has 0 aromatic heterocycles. The second-order valence-electron chi connectivity index (χ2n) is 6.64. The van der Waals surface area contributed by atoms with Crippen molar-refractivity contribution in [1.29, 1.82) is 0 Å². The number of carbonyl (C=O) groups is 4. The molecule has 5 atom stereocenters. The molecule has 1 aliphatic rings. The maximum atomic E-state index is 11.8. The first-order valence-corrected chi connectivity index (χ1v) is 10.5. The van der Waals surface area contributed by atoms with Gasteiger partial charge in [0.2, 0.25) is 0 Å². The van der Waals surface area contributed by atoms with Gasteiger partial charge >= 0.3 is 23.9 Å². The monoisotopic (exact) mass is 474 g/mol. The van der Waals surface area contributed by atoms with E-state index >= 15 is 0 Å². The summed E-state index contributed by atoms with van der Waals surface area (Å²) in [6.07, 6.45) is -4.45. The van der Waals surface area contributed by atoms with E-state index in [1.54, 1.807) is 24.3 Å². The van der Waals surface area contributed by atoms with E-state index in [4.69, 9.17) is 35.3 Å². The molecule has 0 saturated carbocycles. The first-order chi connectivity index (χ1) is 14.6. The normalized spacial score (nSPS) is 25.3. The van der Waals surface area contributed by atoms with Crippen molar-refractivity contribution < 1.29 is 42.9 Å². The molecule has 0 spiro atoms. The molecule has 0 amide bonds. The smallest absolute Gasteiger partial charge is 0.303 e. The third-order valence-electron chi connectivity index (χ3n) is 4.01. The predicted octanol–water partition coefficient (Wildman–Crippen LogP) is 2.52. The van der Waals surface area contributed by atoms with E-state index in [1.807, 2.05) is 0 Å². The lowest BCUT2D eigenvalue weighted by Crippen LogP contribution is -2.61. The fourth-order valence-corrected chi connectivity index (χ4v) is 4.16. The zero-order chi connectivity index (χ0) is 23.1. The Kier molecular flexibility index (Phi) is 9.15. The minimum atomic E-state index is -1.19. The van der Waals surface area contributed by atoms with Crippen LogP contribution < -0.4 is 0 Å². The Morgan fingerprint density at radius 1 is 0.839 bits per heavy atom. The molecular formula is C20H23ClO9S. The van der Waals surface area contributed by atoms with Gasteiger partial charge in [-0.15, -0.1) is 0 Å². The number of halogens is 1. The van der Waals surface area contributed by atoms with Crippen molar-refractivity contribution in [2.75, 3.05) is 6.61 Å². The summed E-state index contributed by atoms with van der Waals surface area (Å²) in [5.41, 5.74) is -0.873. The summed E-state index contributed by atoms with van der Waals surface area (Å²) >= 11 is 7.11. The van der Waals surface area contributed by atoms with Gasteiger partial charge < -0.3 is 23.7 Å². The molecule has 5 unspecified atom stereocenters. The number of carbonyl (C=O) groups excluding carboxylic acids is 4. The van der Waals surface area contributed by atoms with Crippen LogP contribution in [0.5, 0.6) is 0 Å². The van der Waals surface area contributed by atoms with Gasteiger partial charge in [0, 0.05) is 37.6 Å². The summed E-state index contributed by atoms with van der Waals surface area (Å²) in [6, 6.07) is 6.83. The standard InChI is InChI=1S/C20H23ClO9S/c1-10(22)26-9-16-17(27-11(2)23)18(28-12(3)24)19(29-13(4)25)20(30-16)31-15-7-5-14(21)6-8-15/h5-8,16-20H,9H2,1-4H3. The maximum Gasteiger partial charge on any atom is 0.303 e. The lowest BCUT2D eigenvalue weighted by Gasteiger charge is -2.44. The molecule has 0 bridgehead atoms. The lowest BCUT2D eigenvalue weighted by atomic mass is 9.99. The summed E-state index contributed by atoms with van der Waals surface area (Å²) in [7, 11) is 0. The lowest BCUT2D eigenvalue weighted by molar-refractivity contribution is -0.237. The third kappa shape index (κ3) is 7.71. The summed E-state index contributed by atoms with van der Waals surface area (Å²) in [6.45, 7) is 4.49. The van der Waals surface area contributed by atoms with E-state index in [0.29, 0.717) is 5.02 Å². The van der Waals surface area contributed by atoms with Crippen LogP contribution in [-0.2, 0) is 42.9 Å². The van der Waals surface area contributed by atoms with Gasteiger partial charge in [0.05, 0.1) is 0 Å². The van der Waals surface area contributed by atoms with E-state index < -0.39 is 53.7 Å². The van der Waals surface area contributed by atoms with E-state index in [1.165, 1.54) is 39.5 Å². The average Bonchev–Trinajstić information content (AvgIpc) is 2.65. The minimum Gasteiger partial charge on any atom is -0.463 e. The Labute approximate surface area is 188 Å². The van der Waals surface area contributed by atoms with Crippen molar-refractivity contribution in [3.8, 4) is 0 Å². The fourth-order valence-electron chi connectivity index (χ4n) is 2.93. The quantitative estimate of drug-likeness (QED) is 0.431. The SMILES string of the molecule is CC(=O)OCC1OC(Sc2ccc(Cl)cc2)C(OC(C)=O)C(OC(C)=O)C1OC(C)=O. The van der Waals surface area contributed by atoms with Crippen LogP contribution >= 0.6 is 23.4 Å². The van der Waals surface area contributed by atoms with Crippen molar-refractivity contribution in [3.63, 3.8) is 0 Å². The molecule has 1 aliphatic heterocycles. The molecule has 31 heavy (non-hydrogen) atoms. The number of ether oxygens (including phenoxy) is 5. The molecule has 2 rings (SSSR count). The molecule has 1 aromatic carbocycles. The van der Waals surface area contributed by atoms with Crippen molar-refractivity contribution in [1.82, 2.24) is 0 Å². The Hall–Kier alpha value is -2.30. The van der Waals surface area contributed by atoms with Crippen molar-refractivity contribution in [2.24, 2.45) is 0 Å². The van der Waals surface area contributed by atoms with Crippen LogP contribution in [-0.4, -0.2) is 60.3 Å². The predicted molar refractivity (Wildman–Crippen MR) is 109 cm³/mol. The fraction of sp³-hybridized carbons (Fsp3) is 0.500. The van der Waals surface area contributed by atoms with Crippen LogP contribution in [0.25, 0.3) is 0 Å². The van der Waals surface area contributed by atoms with Crippen molar-refractivity contribution in [3.05, 3.63) is 29.3 Å². The summed E-state index contributed by atoms with van der Waals surface area (Å²) in [5.74, 6) is -2.57. The molecule has 1 heterocycles. The third-order valence-corrected chi connectivity index (χ3v) is 5.42. The number of esters is 4. The molecule has 9 nitrogen and oxygen atoms in total. The second-order valence-corrected chi connectivity index (χ2v) is 8.25. The molecule has 1 saturated heterocycles. The summed E-state index contributed by atoms with van der Waals surface area (Å²) in [5, 5.41) is 0.533. The van der Waals surface area contributed by atoms with Crippen LogP contribution in [0.4, 0.5) is 0 Å². The van der Waals surface area contributed by atoms with Gasteiger partial charge in [0.15, 0.2) is 18.3 Å². The summed E-state index contributed by atoms with van der Waals surface area (Å²) in [4.78, 5) is 47.4. The minimum absolute atomic E-state index is 0.268. The highest BCUT2D eigenvalue weighted by molar-refractivity contribution is 7.99. The number of hydrogen-bond donors (Lipinski definition) is 0. The average molecular weight is 475 g/mol. The largest absolute Gasteiger partial charge is 0.463 e. The van der Waals surface area contributed by atoms with Gasteiger partial charge in [0.1, 0.15) is 18.1 Å². The molecule has 0 N–H and O–H groups in total. The number of benzene rings is 1. The zero-order valence-corrected chi connectivity index (χ0v) is 18.9. The van der Waals surface area contributed by atoms with Gasteiger partial charge in [-0.25, -0.2) is 0 Å². The first-order valence-electron chi connectivity index (χ1n) is 9.29. The van der Waals surface area contributed by atoms with Crippen LogP contribution in [0.2, 0.25) is 5.02 Å². The topological polar surface area (TPSA) is 114 Å².